The molecule has 1 aromatic carbocycles. The molecule has 1 aliphatic carbocycles. The third-order valence-corrected chi connectivity index (χ3v) is 7.56. The van der Waals surface area contributed by atoms with Gasteiger partial charge in [0.2, 0.25) is 5.88 Å². The van der Waals surface area contributed by atoms with Crippen LogP contribution in [0.4, 0.5) is 0 Å². The van der Waals surface area contributed by atoms with E-state index in [2.05, 4.69) is 10.1 Å². The number of nitrogens with one attached hydrogen (secondary N) is 1. The predicted molar refractivity (Wildman–Crippen MR) is 146 cm³/mol. The van der Waals surface area contributed by atoms with Gasteiger partial charge in [-0.15, -0.1) is 5.10 Å². The van der Waals surface area contributed by atoms with Gasteiger partial charge in [-0.1, -0.05) is 25.0 Å². The van der Waals surface area contributed by atoms with E-state index in [-0.39, 0.29) is 24.4 Å². The molecule has 0 radical (unpaired) electrons. The number of rotatable bonds is 7. The van der Waals surface area contributed by atoms with Crippen LogP contribution < -0.4 is 15.2 Å². The number of benzene rings is 1. The molecule has 1 atom stereocenters. The van der Waals surface area contributed by atoms with Crippen molar-refractivity contribution in [2.75, 3.05) is 13.7 Å². The number of aliphatic hydroxyl groups is 1. The van der Waals surface area contributed by atoms with E-state index in [1.165, 1.54) is 0 Å². The molecule has 0 amide bonds. The first-order valence-corrected chi connectivity index (χ1v) is 13.0. The SMILES string of the molecule is COc1nn(C)cc1-c1[nH]c2ncc3c(c2c1-c1ccc(O[C@@H](C)CO)cc1)n(C1CCCC1)c(=O)n3C. The summed E-state index contributed by atoms with van der Waals surface area (Å²) < 4.78 is 16.8. The van der Waals surface area contributed by atoms with Crippen LogP contribution >= 0.6 is 0 Å². The largest absolute Gasteiger partial charge is 0.488 e. The summed E-state index contributed by atoms with van der Waals surface area (Å²) in [6, 6.07) is 7.94. The van der Waals surface area contributed by atoms with Gasteiger partial charge in [-0.25, -0.2) is 9.78 Å². The molecule has 10 heteroatoms. The van der Waals surface area contributed by atoms with Gasteiger partial charge in [-0.3, -0.25) is 13.8 Å². The second-order valence-electron chi connectivity index (χ2n) is 10.1. The molecule has 0 spiro atoms. The van der Waals surface area contributed by atoms with Crippen molar-refractivity contribution in [3.63, 3.8) is 0 Å². The van der Waals surface area contributed by atoms with Gasteiger partial charge in [0.05, 0.1) is 47.6 Å². The summed E-state index contributed by atoms with van der Waals surface area (Å²) in [5.74, 6) is 1.16. The van der Waals surface area contributed by atoms with Crippen LogP contribution in [0.25, 0.3) is 44.5 Å². The highest BCUT2D eigenvalue weighted by Gasteiger charge is 2.28. The van der Waals surface area contributed by atoms with Crippen LogP contribution in [0, 0.1) is 0 Å². The van der Waals surface area contributed by atoms with Crippen LogP contribution in [0.1, 0.15) is 38.6 Å². The highest BCUT2D eigenvalue weighted by molar-refractivity contribution is 6.14. The lowest BCUT2D eigenvalue weighted by Gasteiger charge is -2.14. The van der Waals surface area contributed by atoms with E-state index in [0.717, 1.165) is 64.5 Å². The summed E-state index contributed by atoms with van der Waals surface area (Å²) >= 11 is 0. The fourth-order valence-corrected chi connectivity index (χ4v) is 5.73. The number of methoxy groups -OCH3 is 1. The normalized spacial score (nSPS) is 15.1. The van der Waals surface area contributed by atoms with Crippen LogP contribution in [-0.2, 0) is 14.1 Å². The molecule has 0 unspecified atom stereocenters. The maximum absolute atomic E-state index is 13.5. The Kier molecular flexibility index (Phi) is 5.98. The fourth-order valence-electron chi connectivity index (χ4n) is 5.73. The highest BCUT2D eigenvalue weighted by atomic mass is 16.5. The zero-order chi connectivity index (χ0) is 26.6. The number of fused-ring (bicyclic) bond motifs is 3. The number of imidazole rings is 1. The molecule has 0 saturated heterocycles. The number of aliphatic hydroxyl groups excluding tert-OH is 1. The number of ether oxygens (including phenoxy) is 2. The van der Waals surface area contributed by atoms with Crippen LogP contribution in [0.3, 0.4) is 0 Å². The van der Waals surface area contributed by atoms with Gasteiger partial charge in [0, 0.05) is 31.9 Å². The van der Waals surface area contributed by atoms with E-state index in [9.17, 15) is 9.90 Å². The van der Waals surface area contributed by atoms with E-state index < -0.39 is 0 Å². The first kappa shape index (κ1) is 24.3. The average molecular weight is 517 g/mol. The Morgan fingerprint density at radius 3 is 2.61 bits per heavy atom. The lowest BCUT2D eigenvalue weighted by Crippen LogP contribution is -2.24. The summed E-state index contributed by atoms with van der Waals surface area (Å²) in [5, 5.41) is 14.8. The smallest absolute Gasteiger partial charge is 0.329 e. The second-order valence-corrected chi connectivity index (χ2v) is 10.1. The van der Waals surface area contributed by atoms with Crippen molar-refractivity contribution in [2.45, 2.75) is 44.8 Å². The van der Waals surface area contributed by atoms with E-state index in [4.69, 9.17) is 14.5 Å². The van der Waals surface area contributed by atoms with Crippen LogP contribution in [0.5, 0.6) is 11.6 Å². The number of hydrogen-bond donors (Lipinski definition) is 2. The number of aromatic amines is 1. The summed E-state index contributed by atoms with van der Waals surface area (Å²) in [4.78, 5) is 21.8. The highest BCUT2D eigenvalue weighted by Crippen LogP contribution is 2.44. The number of nitrogens with zero attached hydrogens (tertiary/aromatic N) is 5. The quantitative estimate of drug-likeness (QED) is 0.336. The van der Waals surface area contributed by atoms with Crippen molar-refractivity contribution in [1.29, 1.82) is 0 Å². The van der Waals surface area contributed by atoms with Crippen molar-refractivity contribution < 1.29 is 14.6 Å². The molecule has 198 valence electrons. The maximum atomic E-state index is 13.5. The fraction of sp³-hybridized carbons (Fsp3) is 0.393. The molecule has 10 nitrogen and oxygen atoms in total. The molecule has 1 aliphatic rings. The molecule has 4 heterocycles. The van der Waals surface area contributed by atoms with E-state index in [0.29, 0.717) is 17.3 Å². The monoisotopic (exact) mass is 516 g/mol. The third kappa shape index (κ3) is 3.78. The van der Waals surface area contributed by atoms with Gasteiger partial charge < -0.3 is 19.6 Å². The Labute approximate surface area is 219 Å². The summed E-state index contributed by atoms with van der Waals surface area (Å²) in [7, 11) is 5.28. The van der Waals surface area contributed by atoms with Gasteiger partial charge in [-0.05, 0) is 37.5 Å². The zero-order valence-corrected chi connectivity index (χ0v) is 22.1. The van der Waals surface area contributed by atoms with Crippen LogP contribution in [0.2, 0.25) is 0 Å². The second kappa shape index (κ2) is 9.36. The van der Waals surface area contributed by atoms with Crippen molar-refractivity contribution in [3.05, 3.63) is 47.1 Å². The van der Waals surface area contributed by atoms with Gasteiger partial charge in [-0.2, -0.15) is 0 Å². The number of aromatic nitrogens is 6. The molecule has 0 bridgehead atoms. The first-order chi connectivity index (χ1) is 18.4. The molecule has 5 aromatic rings. The Morgan fingerprint density at radius 2 is 1.92 bits per heavy atom. The average Bonchev–Trinajstić information content (AvgIpc) is 3.70. The summed E-state index contributed by atoms with van der Waals surface area (Å²) in [5.41, 5.74) is 5.84. The molecule has 38 heavy (non-hydrogen) atoms. The topological polar surface area (TPSA) is 112 Å². The Hall–Kier alpha value is -4.05. The minimum absolute atomic E-state index is 0.0180. The van der Waals surface area contributed by atoms with Gasteiger partial charge in [0.25, 0.3) is 0 Å². The van der Waals surface area contributed by atoms with Crippen molar-refractivity contribution in [3.8, 4) is 34.0 Å². The standard InChI is InChI=1S/C28H32N6O4/c1-16(15-35)38-19-11-9-17(10-12-19)22-23-25-21(33(3)28(36)34(25)18-7-5-6-8-18)13-29-26(23)30-24(22)20-14-32(2)31-27(20)37-4/h9-14,16,18,35H,5-8,15H2,1-4H3,(H,29,30)/t16-/m0/s1. The molecule has 0 aliphatic heterocycles. The van der Waals surface area contributed by atoms with E-state index >= 15 is 0 Å². The minimum Gasteiger partial charge on any atom is -0.488 e. The van der Waals surface area contributed by atoms with Gasteiger partial charge in [0.1, 0.15) is 17.5 Å². The molecular formula is C28H32N6O4. The molecule has 6 rings (SSSR count). The molecular weight excluding hydrogens is 484 g/mol. The molecule has 1 saturated carbocycles. The molecule has 4 aromatic heterocycles. The van der Waals surface area contributed by atoms with Crippen LogP contribution in [0.15, 0.2) is 41.5 Å². The maximum Gasteiger partial charge on any atom is 0.329 e. The third-order valence-electron chi connectivity index (χ3n) is 7.56. The first-order valence-electron chi connectivity index (χ1n) is 13.0. The minimum atomic E-state index is -0.307. The Bertz CT molecular complexity index is 1680. The lowest BCUT2D eigenvalue weighted by molar-refractivity contribution is 0.130. The molecule has 1 fully saturated rings. The zero-order valence-electron chi connectivity index (χ0n) is 22.1. The predicted octanol–water partition coefficient (Wildman–Crippen LogP) is 4.17. The van der Waals surface area contributed by atoms with Crippen molar-refractivity contribution in [1.82, 2.24) is 28.9 Å². The van der Waals surface area contributed by atoms with E-state index in [1.807, 2.05) is 56.0 Å². The van der Waals surface area contributed by atoms with Crippen molar-refractivity contribution >= 4 is 22.1 Å². The Morgan fingerprint density at radius 1 is 1.18 bits per heavy atom. The Balaban J connectivity index is 1.68. The molecule has 2 N–H and O–H groups in total. The lowest BCUT2D eigenvalue weighted by atomic mass is 9.99. The number of pyridine rings is 1. The summed E-state index contributed by atoms with van der Waals surface area (Å²) in [6.07, 6.45) is 7.60. The van der Waals surface area contributed by atoms with E-state index in [1.54, 1.807) is 22.6 Å². The number of aryl methyl sites for hydroxylation is 2. The van der Waals surface area contributed by atoms with Crippen molar-refractivity contribution in [2.24, 2.45) is 14.1 Å². The van der Waals surface area contributed by atoms with Crippen LogP contribution in [-0.4, -0.2) is 53.8 Å². The number of H-pyrrole nitrogens is 1. The number of hydrogen-bond acceptors (Lipinski definition) is 6. The van der Waals surface area contributed by atoms with Gasteiger partial charge >= 0.3 is 5.69 Å². The summed E-state index contributed by atoms with van der Waals surface area (Å²) in [6.45, 7) is 1.76. The van der Waals surface area contributed by atoms with Gasteiger partial charge in [0.15, 0.2) is 0 Å².